The Hall–Kier alpha value is -1.42. The number of benzene rings is 1. The quantitative estimate of drug-likeness (QED) is 0.872. The zero-order chi connectivity index (χ0) is 12.4. The lowest BCUT2D eigenvalue weighted by atomic mass is 9.91. The first-order valence-corrected chi connectivity index (χ1v) is 5.77. The molecule has 1 aromatic carbocycles. The summed E-state index contributed by atoms with van der Waals surface area (Å²) in [5.74, 6) is 2.82. The molecule has 2 unspecified atom stereocenters. The summed E-state index contributed by atoms with van der Waals surface area (Å²) in [5.41, 5.74) is 1.08. The molecule has 0 aromatic heterocycles. The molecule has 94 valence electrons. The second kappa shape index (κ2) is 4.84. The molecule has 0 spiro atoms. The molecular formula is C13H19NO3. The number of hydrogen-bond acceptors (Lipinski definition) is 4. The summed E-state index contributed by atoms with van der Waals surface area (Å²) in [7, 11) is 5.27. The smallest absolute Gasteiger partial charge is 0.131 e. The number of hydrogen-bond donors (Lipinski definition) is 1. The molecule has 2 rings (SSSR count). The third-order valence-corrected chi connectivity index (χ3v) is 3.23. The van der Waals surface area contributed by atoms with E-state index in [0.717, 1.165) is 22.8 Å². The van der Waals surface area contributed by atoms with E-state index in [1.165, 1.54) is 0 Å². The molecule has 0 saturated carbocycles. The van der Waals surface area contributed by atoms with Crippen LogP contribution in [0.4, 0.5) is 0 Å². The van der Waals surface area contributed by atoms with Crippen LogP contribution in [0.1, 0.15) is 18.5 Å². The minimum absolute atomic E-state index is 0.250. The van der Waals surface area contributed by atoms with Crippen molar-refractivity contribution in [1.29, 1.82) is 0 Å². The average Bonchev–Trinajstić information content (AvgIpc) is 2.37. The van der Waals surface area contributed by atoms with Crippen molar-refractivity contribution in [2.75, 3.05) is 27.9 Å². The Kier molecular flexibility index (Phi) is 3.43. The Morgan fingerprint density at radius 1 is 1.29 bits per heavy atom. The van der Waals surface area contributed by atoms with Gasteiger partial charge in [-0.3, -0.25) is 0 Å². The predicted molar refractivity (Wildman–Crippen MR) is 66.0 cm³/mol. The summed E-state index contributed by atoms with van der Waals surface area (Å²) >= 11 is 0. The lowest BCUT2D eigenvalue weighted by Gasteiger charge is -2.32. The van der Waals surface area contributed by atoms with Crippen molar-refractivity contribution in [2.24, 2.45) is 5.92 Å². The van der Waals surface area contributed by atoms with Crippen molar-refractivity contribution in [3.63, 3.8) is 0 Å². The Morgan fingerprint density at radius 2 is 2.06 bits per heavy atom. The minimum Gasteiger partial charge on any atom is -0.496 e. The van der Waals surface area contributed by atoms with Gasteiger partial charge in [-0.25, -0.2) is 0 Å². The molecule has 0 saturated heterocycles. The highest BCUT2D eigenvalue weighted by atomic mass is 16.5. The lowest BCUT2D eigenvalue weighted by Crippen LogP contribution is -2.32. The van der Waals surface area contributed by atoms with Crippen LogP contribution in [0.2, 0.25) is 0 Å². The minimum atomic E-state index is 0.250. The van der Waals surface area contributed by atoms with Crippen LogP contribution in [-0.4, -0.2) is 27.9 Å². The molecule has 0 radical (unpaired) electrons. The predicted octanol–water partition coefficient (Wildman–Crippen LogP) is 1.99. The first kappa shape index (κ1) is 12.0. The molecule has 1 aliphatic rings. The van der Waals surface area contributed by atoms with Gasteiger partial charge in [0.2, 0.25) is 0 Å². The number of nitrogens with one attached hydrogen (secondary N) is 1. The monoisotopic (exact) mass is 237 g/mol. The maximum atomic E-state index is 5.75. The normalized spacial score (nSPS) is 22.6. The molecule has 0 amide bonds. The van der Waals surface area contributed by atoms with E-state index in [0.29, 0.717) is 12.5 Å². The van der Waals surface area contributed by atoms with Gasteiger partial charge in [0.05, 0.1) is 26.4 Å². The molecular weight excluding hydrogens is 218 g/mol. The fourth-order valence-electron chi connectivity index (χ4n) is 2.32. The van der Waals surface area contributed by atoms with E-state index in [-0.39, 0.29) is 6.04 Å². The van der Waals surface area contributed by atoms with Crippen LogP contribution in [-0.2, 0) is 0 Å². The van der Waals surface area contributed by atoms with Gasteiger partial charge >= 0.3 is 0 Å². The zero-order valence-corrected chi connectivity index (χ0v) is 10.7. The molecule has 0 bridgehead atoms. The first-order valence-electron chi connectivity index (χ1n) is 5.77. The molecule has 4 nitrogen and oxygen atoms in total. The average molecular weight is 237 g/mol. The topological polar surface area (TPSA) is 39.7 Å². The molecule has 1 heterocycles. The van der Waals surface area contributed by atoms with Gasteiger partial charge in [-0.2, -0.15) is 0 Å². The van der Waals surface area contributed by atoms with E-state index >= 15 is 0 Å². The van der Waals surface area contributed by atoms with Gasteiger partial charge in [0.25, 0.3) is 0 Å². The Morgan fingerprint density at radius 3 is 2.65 bits per heavy atom. The molecule has 1 aromatic rings. The maximum absolute atomic E-state index is 5.75. The third kappa shape index (κ3) is 2.05. The molecule has 0 aliphatic carbocycles. The van der Waals surface area contributed by atoms with Crippen molar-refractivity contribution in [2.45, 2.75) is 13.0 Å². The maximum Gasteiger partial charge on any atom is 0.131 e. The van der Waals surface area contributed by atoms with Crippen LogP contribution < -0.4 is 19.5 Å². The van der Waals surface area contributed by atoms with Crippen LogP contribution in [0.25, 0.3) is 0 Å². The van der Waals surface area contributed by atoms with E-state index in [1.807, 2.05) is 19.2 Å². The van der Waals surface area contributed by atoms with Gasteiger partial charge < -0.3 is 19.5 Å². The van der Waals surface area contributed by atoms with E-state index in [4.69, 9.17) is 14.2 Å². The molecule has 0 fully saturated rings. The highest BCUT2D eigenvalue weighted by molar-refractivity contribution is 5.53. The van der Waals surface area contributed by atoms with Crippen molar-refractivity contribution in [3.05, 3.63) is 17.7 Å². The zero-order valence-electron chi connectivity index (χ0n) is 10.7. The molecule has 2 atom stereocenters. The fraction of sp³-hybridized carbons (Fsp3) is 0.538. The number of methoxy groups -OCH3 is 2. The number of fused-ring (bicyclic) bond motifs is 1. The van der Waals surface area contributed by atoms with E-state index < -0.39 is 0 Å². The summed E-state index contributed by atoms with van der Waals surface area (Å²) in [6, 6.07) is 4.05. The van der Waals surface area contributed by atoms with Crippen LogP contribution in [0.3, 0.4) is 0 Å². The summed E-state index contributed by atoms with van der Waals surface area (Å²) < 4.78 is 16.4. The first-order chi connectivity index (χ1) is 8.21. The van der Waals surface area contributed by atoms with Gasteiger partial charge in [0.15, 0.2) is 0 Å². The largest absolute Gasteiger partial charge is 0.496 e. The van der Waals surface area contributed by atoms with Crippen LogP contribution in [0.15, 0.2) is 12.1 Å². The number of ether oxygens (including phenoxy) is 3. The van der Waals surface area contributed by atoms with Gasteiger partial charge in [-0.05, 0) is 7.05 Å². The van der Waals surface area contributed by atoms with Gasteiger partial charge in [0.1, 0.15) is 17.2 Å². The Balaban J connectivity index is 2.53. The van der Waals surface area contributed by atoms with Gasteiger partial charge in [-0.15, -0.1) is 0 Å². The van der Waals surface area contributed by atoms with Crippen molar-refractivity contribution in [3.8, 4) is 17.2 Å². The molecule has 1 N–H and O–H groups in total. The van der Waals surface area contributed by atoms with Crippen LogP contribution in [0, 0.1) is 5.92 Å². The van der Waals surface area contributed by atoms with E-state index in [9.17, 15) is 0 Å². The SMILES string of the molecule is CNC1c2c(OC)cc(OC)cc2OCC1C. The van der Waals surface area contributed by atoms with Crippen molar-refractivity contribution in [1.82, 2.24) is 5.32 Å². The van der Waals surface area contributed by atoms with Crippen LogP contribution >= 0.6 is 0 Å². The third-order valence-electron chi connectivity index (χ3n) is 3.23. The summed E-state index contributed by atoms with van der Waals surface area (Å²) in [6.45, 7) is 2.86. The van der Waals surface area contributed by atoms with Gasteiger partial charge in [0, 0.05) is 24.1 Å². The molecule has 4 heteroatoms. The highest BCUT2D eigenvalue weighted by Crippen LogP contribution is 2.43. The Labute approximate surface area is 102 Å². The standard InChI is InChI=1S/C13H19NO3/c1-8-7-17-11-6-9(15-3)5-10(16-4)12(11)13(8)14-2/h5-6,8,13-14H,7H2,1-4H3. The molecule has 1 aliphatic heterocycles. The summed E-state index contributed by atoms with van der Waals surface area (Å²) in [6.07, 6.45) is 0. The van der Waals surface area contributed by atoms with E-state index in [2.05, 4.69) is 12.2 Å². The Bertz CT molecular complexity index is 389. The van der Waals surface area contributed by atoms with Crippen molar-refractivity contribution < 1.29 is 14.2 Å². The highest BCUT2D eigenvalue weighted by Gasteiger charge is 2.30. The summed E-state index contributed by atoms with van der Waals surface area (Å²) in [4.78, 5) is 0. The van der Waals surface area contributed by atoms with Gasteiger partial charge in [-0.1, -0.05) is 6.92 Å². The van der Waals surface area contributed by atoms with Crippen LogP contribution in [0.5, 0.6) is 17.2 Å². The molecule has 17 heavy (non-hydrogen) atoms. The van der Waals surface area contributed by atoms with E-state index in [1.54, 1.807) is 14.2 Å². The lowest BCUT2D eigenvalue weighted by molar-refractivity contribution is 0.188. The summed E-state index contributed by atoms with van der Waals surface area (Å²) in [5, 5.41) is 3.32. The second-order valence-corrected chi connectivity index (χ2v) is 4.30. The van der Waals surface area contributed by atoms with Crippen molar-refractivity contribution >= 4 is 0 Å². The second-order valence-electron chi connectivity index (χ2n) is 4.30. The number of rotatable bonds is 3. The fourth-order valence-corrected chi connectivity index (χ4v) is 2.32.